The summed E-state index contributed by atoms with van der Waals surface area (Å²) < 4.78 is 40.8. The second-order valence-corrected chi connectivity index (χ2v) is 7.00. The van der Waals surface area contributed by atoms with E-state index in [1.54, 1.807) is 19.9 Å². The summed E-state index contributed by atoms with van der Waals surface area (Å²) in [6.45, 7) is 2.48. The number of halogens is 1. The van der Waals surface area contributed by atoms with Crippen molar-refractivity contribution in [1.29, 1.82) is 0 Å². The lowest BCUT2D eigenvalue weighted by molar-refractivity contribution is -0.137. The van der Waals surface area contributed by atoms with Gasteiger partial charge in [0.25, 0.3) is 0 Å². The SMILES string of the molecule is CC(C)N(CC(=O)O)S(=O)(=O)c1cnn(-c2ccccc2F)c1. The minimum absolute atomic E-state index is 0.100. The van der Waals surface area contributed by atoms with Crippen LogP contribution in [0.4, 0.5) is 4.39 Å². The minimum Gasteiger partial charge on any atom is -0.480 e. The van der Waals surface area contributed by atoms with Gasteiger partial charge in [-0.1, -0.05) is 12.1 Å². The lowest BCUT2D eigenvalue weighted by Gasteiger charge is -2.23. The molecule has 7 nitrogen and oxygen atoms in total. The summed E-state index contributed by atoms with van der Waals surface area (Å²) >= 11 is 0. The van der Waals surface area contributed by atoms with E-state index in [1.807, 2.05) is 0 Å². The fourth-order valence-electron chi connectivity index (χ4n) is 2.02. The van der Waals surface area contributed by atoms with E-state index in [0.717, 1.165) is 21.4 Å². The van der Waals surface area contributed by atoms with Crippen molar-refractivity contribution >= 4 is 16.0 Å². The Labute approximate surface area is 133 Å². The number of rotatable bonds is 6. The maximum Gasteiger partial charge on any atom is 0.318 e. The van der Waals surface area contributed by atoms with E-state index in [9.17, 15) is 17.6 Å². The number of carboxylic acid groups (broad SMARTS) is 1. The lowest BCUT2D eigenvalue weighted by atomic mass is 10.3. The van der Waals surface area contributed by atoms with Crippen molar-refractivity contribution < 1.29 is 22.7 Å². The fraction of sp³-hybridized carbons (Fsp3) is 0.286. The number of para-hydroxylation sites is 1. The average molecular weight is 341 g/mol. The van der Waals surface area contributed by atoms with Gasteiger partial charge in [0, 0.05) is 6.04 Å². The van der Waals surface area contributed by atoms with Crippen LogP contribution < -0.4 is 0 Å². The standard InChI is InChI=1S/C14H16FN3O4S/c1-10(2)18(9-14(19)20)23(21,22)11-7-16-17(8-11)13-6-4-3-5-12(13)15/h3-8,10H,9H2,1-2H3,(H,19,20). The number of sulfonamides is 1. The molecule has 0 aliphatic heterocycles. The number of aliphatic carboxylic acids is 1. The third-order valence-electron chi connectivity index (χ3n) is 3.13. The molecule has 2 rings (SSSR count). The van der Waals surface area contributed by atoms with E-state index in [4.69, 9.17) is 5.11 Å². The van der Waals surface area contributed by atoms with Gasteiger partial charge in [-0.05, 0) is 26.0 Å². The molecule has 0 saturated heterocycles. The first-order valence-corrected chi connectivity index (χ1v) is 8.20. The second kappa shape index (κ2) is 6.47. The number of carbonyl (C=O) groups is 1. The summed E-state index contributed by atoms with van der Waals surface area (Å²) in [5.74, 6) is -1.81. The topological polar surface area (TPSA) is 92.5 Å². The molecule has 9 heteroatoms. The molecular weight excluding hydrogens is 325 g/mol. The summed E-state index contributed by atoms with van der Waals surface area (Å²) in [7, 11) is -4.05. The second-order valence-electron chi connectivity index (χ2n) is 5.11. The smallest absolute Gasteiger partial charge is 0.318 e. The molecule has 1 aromatic heterocycles. The number of hydrogen-bond donors (Lipinski definition) is 1. The molecule has 0 bridgehead atoms. The van der Waals surface area contributed by atoms with Gasteiger partial charge in [0.05, 0.1) is 12.4 Å². The summed E-state index contributed by atoms with van der Waals surface area (Å²) in [6, 6.07) is 5.24. The van der Waals surface area contributed by atoms with Crippen LogP contribution in [0.1, 0.15) is 13.8 Å². The average Bonchev–Trinajstić information content (AvgIpc) is 2.95. The van der Waals surface area contributed by atoms with Crippen molar-refractivity contribution in [2.45, 2.75) is 24.8 Å². The van der Waals surface area contributed by atoms with Gasteiger partial charge in [-0.2, -0.15) is 9.40 Å². The first-order valence-electron chi connectivity index (χ1n) is 6.76. The molecule has 1 heterocycles. The maximum atomic E-state index is 13.7. The monoisotopic (exact) mass is 341 g/mol. The molecule has 23 heavy (non-hydrogen) atoms. The normalized spacial score (nSPS) is 12.0. The van der Waals surface area contributed by atoms with Crippen LogP contribution in [0.25, 0.3) is 5.69 Å². The van der Waals surface area contributed by atoms with Crippen LogP contribution in [0, 0.1) is 5.82 Å². The molecule has 0 spiro atoms. The summed E-state index contributed by atoms with van der Waals surface area (Å²) in [5, 5.41) is 12.7. The third-order valence-corrected chi connectivity index (χ3v) is 5.11. The summed E-state index contributed by atoms with van der Waals surface area (Å²) in [4.78, 5) is 10.7. The van der Waals surface area contributed by atoms with E-state index >= 15 is 0 Å². The predicted octanol–water partition coefficient (Wildman–Crippen LogP) is 1.50. The van der Waals surface area contributed by atoms with Crippen LogP contribution >= 0.6 is 0 Å². The van der Waals surface area contributed by atoms with E-state index in [2.05, 4.69) is 5.10 Å². The third kappa shape index (κ3) is 3.57. The van der Waals surface area contributed by atoms with Gasteiger partial charge >= 0.3 is 5.97 Å². The molecule has 0 atom stereocenters. The van der Waals surface area contributed by atoms with Crippen LogP contribution in [0.15, 0.2) is 41.6 Å². The van der Waals surface area contributed by atoms with Gasteiger partial charge in [0.2, 0.25) is 10.0 Å². The molecule has 0 saturated carbocycles. The number of hydrogen-bond acceptors (Lipinski definition) is 4. The van der Waals surface area contributed by atoms with Gasteiger partial charge in [-0.3, -0.25) is 4.79 Å². The molecule has 2 aromatic rings. The van der Waals surface area contributed by atoms with E-state index in [0.29, 0.717) is 0 Å². The summed E-state index contributed by atoms with van der Waals surface area (Å²) in [6.07, 6.45) is 2.23. The minimum atomic E-state index is -4.05. The van der Waals surface area contributed by atoms with E-state index in [-0.39, 0.29) is 10.6 Å². The molecule has 0 unspecified atom stereocenters. The Morgan fingerprint density at radius 3 is 2.61 bits per heavy atom. The molecule has 1 aromatic carbocycles. The Kier molecular flexibility index (Phi) is 4.81. The molecule has 0 fully saturated rings. The summed E-state index contributed by atoms with van der Waals surface area (Å²) in [5.41, 5.74) is 0.100. The largest absolute Gasteiger partial charge is 0.480 e. The molecule has 0 radical (unpaired) electrons. The van der Waals surface area contributed by atoms with Crippen molar-refractivity contribution in [2.75, 3.05) is 6.54 Å². The number of benzene rings is 1. The maximum absolute atomic E-state index is 13.7. The Hall–Kier alpha value is -2.26. The fourth-order valence-corrected chi connectivity index (χ4v) is 3.54. The van der Waals surface area contributed by atoms with Crippen molar-refractivity contribution in [3.05, 3.63) is 42.5 Å². The molecule has 124 valence electrons. The quantitative estimate of drug-likeness (QED) is 0.859. The van der Waals surface area contributed by atoms with Crippen LogP contribution in [-0.2, 0) is 14.8 Å². The highest BCUT2D eigenvalue weighted by Crippen LogP contribution is 2.20. The highest BCUT2D eigenvalue weighted by Gasteiger charge is 2.30. The zero-order chi connectivity index (χ0) is 17.2. The van der Waals surface area contributed by atoms with Crippen molar-refractivity contribution in [3.8, 4) is 5.69 Å². The van der Waals surface area contributed by atoms with Crippen molar-refractivity contribution in [1.82, 2.24) is 14.1 Å². The van der Waals surface area contributed by atoms with Crippen molar-refractivity contribution in [3.63, 3.8) is 0 Å². The van der Waals surface area contributed by atoms with E-state index in [1.165, 1.54) is 18.2 Å². The van der Waals surface area contributed by atoms with Crippen LogP contribution in [0.5, 0.6) is 0 Å². The highest BCUT2D eigenvalue weighted by atomic mass is 32.2. The molecule has 0 aliphatic carbocycles. The molecular formula is C14H16FN3O4S. The zero-order valence-electron chi connectivity index (χ0n) is 12.5. The Morgan fingerprint density at radius 1 is 1.39 bits per heavy atom. The first kappa shape index (κ1) is 17.1. The highest BCUT2D eigenvalue weighted by molar-refractivity contribution is 7.89. The van der Waals surface area contributed by atoms with Crippen LogP contribution in [0.2, 0.25) is 0 Å². The number of aromatic nitrogens is 2. The Bertz CT molecular complexity index is 817. The first-order chi connectivity index (χ1) is 10.7. The predicted molar refractivity (Wildman–Crippen MR) is 80.2 cm³/mol. The van der Waals surface area contributed by atoms with Crippen molar-refractivity contribution in [2.24, 2.45) is 0 Å². The van der Waals surface area contributed by atoms with Gasteiger partial charge in [0.15, 0.2) is 0 Å². The van der Waals surface area contributed by atoms with Gasteiger partial charge < -0.3 is 5.11 Å². The zero-order valence-corrected chi connectivity index (χ0v) is 13.4. The number of carboxylic acids is 1. The number of nitrogens with zero attached hydrogens (tertiary/aromatic N) is 3. The molecule has 0 amide bonds. The molecule has 0 aliphatic rings. The Morgan fingerprint density at radius 2 is 2.04 bits per heavy atom. The lowest BCUT2D eigenvalue weighted by Crippen LogP contribution is -2.40. The Balaban J connectivity index is 2.42. The van der Waals surface area contributed by atoms with Crippen LogP contribution in [-0.4, -0.2) is 46.2 Å². The van der Waals surface area contributed by atoms with E-state index < -0.39 is 34.4 Å². The van der Waals surface area contributed by atoms with Gasteiger partial charge in [-0.15, -0.1) is 0 Å². The van der Waals surface area contributed by atoms with Gasteiger partial charge in [0.1, 0.15) is 22.9 Å². The molecule has 1 N–H and O–H groups in total. The van der Waals surface area contributed by atoms with Gasteiger partial charge in [-0.25, -0.2) is 17.5 Å². The van der Waals surface area contributed by atoms with Crippen LogP contribution in [0.3, 0.4) is 0 Å².